The Morgan fingerprint density at radius 2 is 2.00 bits per heavy atom. The van der Waals surface area contributed by atoms with Gasteiger partial charge in [-0.05, 0) is 68.5 Å². The molecule has 1 saturated carbocycles. The molecule has 3 N–H and O–H groups in total. The summed E-state index contributed by atoms with van der Waals surface area (Å²) in [6.45, 7) is 1.78. The zero-order valence-electron chi connectivity index (χ0n) is 19.6. The maximum Gasteiger partial charge on any atom is 0.270 e. The monoisotopic (exact) mass is 486 g/mol. The van der Waals surface area contributed by atoms with E-state index in [0.29, 0.717) is 28.6 Å². The average Bonchev–Trinajstić information content (AvgIpc) is 3.29. The minimum atomic E-state index is -0.642. The fourth-order valence-electron chi connectivity index (χ4n) is 4.80. The third-order valence-corrected chi connectivity index (χ3v) is 6.48. The largest absolute Gasteiger partial charge is 0.365 e. The lowest BCUT2D eigenvalue weighted by Gasteiger charge is -2.30. The average molecular weight is 487 g/mol. The number of halogens is 2. The van der Waals surface area contributed by atoms with Crippen molar-refractivity contribution in [3.05, 3.63) is 77.2 Å². The highest BCUT2D eigenvalue weighted by Crippen LogP contribution is 2.34. The predicted octanol–water partition coefficient (Wildman–Crippen LogP) is 5.24. The van der Waals surface area contributed by atoms with Crippen LogP contribution in [-0.2, 0) is 0 Å². The topological polar surface area (TPSA) is 106 Å². The first-order valence-electron chi connectivity index (χ1n) is 11.8. The molecule has 0 radical (unpaired) electrons. The number of amides is 1. The smallest absolute Gasteiger partial charge is 0.270 e. The summed E-state index contributed by atoms with van der Waals surface area (Å²) < 4.78 is 29.4. The summed E-state index contributed by atoms with van der Waals surface area (Å²) >= 11 is 0. The zero-order valence-corrected chi connectivity index (χ0v) is 19.6. The molecule has 3 aromatic heterocycles. The minimum Gasteiger partial charge on any atom is -0.365 e. The normalized spacial score (nSPS) is 17.5. The van der Waals surface area contributed by atoms with Gasteiger partial charge in [0.15, 0.2) is 11.6 Å². The van der Waals surface area contributed by atoms with Gasteiger partial charge in [-0.3, -0.25) is 9.78 Å². The number of anilines is 1. The molecule has 4 aromatic rings. The molecule has 1 aromatic carbocycles. The van der Waals surface area contributed by atoms with Crippen molar-refractivity contribution < 1.29 is 13.6 Å². The summed E-state index contributed by atoms with van der Waals surface area (Å²) in [5.74, 6) is -1.27. The number of aromatic nitrogens is 3. The molecule has 0 unspecified atom stereocenters. The second-order valence-electron chi connectivity index (χ2n) is 9.09. The van der Waals surface area contributed by atoms with Crippen molar-refractivity contribution in [3.63, 3.8) is 0 Å². The second kappa shape index (κ2) is 9.74. The number of H-pyrrole nitrogens is 1. The summed E-state index contributed by atoms with van der Waals surface area (Å²) in [5.41, 5.74) is 2.23. The number of nitrogens with one attached hydrogen (secondary N) is 3. The van der Waals surface area contributed by atoms with Crippen LogP contribution in [0.5, 0.6) is 0 Å². The van der Waals surface area contributed by atoms with Crippen LogP contribution in [0.4, 0.5) is 14.6 Å². The van der Waals surface area contributed by atoms with Gasteiger partial charge in [-0.2, -0.15) is 5.26 Å². The third-order valence-electron chi connectivity index (χ3n) is 6.48. The Bertz CT molecular complexity index is 1480. The van der Waals surface area contributed by atoms with E-state index in [1.54, 1.807) is 43.6 Å². The first kappa shape index (κ1) is 23.4. The number of carbonyl (C=O) groups is 1. The van der Waals surface area contributed by atoms with Crippen LogP contribution in [0.2, 0.25) is 0 Å². The molecule has 9 heteroatoms. The maximum absolute atomic E-state index is 15.0. The van der Waals surface area contributed by atoms with E-state index in [2.05, 4.69) is 25.6 Å². The van der Waals surface area contributed by atoms with Crippen LogP contribution < -0.4 is 10.6 Å². The van der Waals surface area contributed by atoms with Crippen molar-refractivity contribution in [1.82, 2.24) is 20.3 Å². The molecule has 1 amide bonds. The highest BCUT2D eigenvalue weighted by Gasteiger charge is 2.26. The molecule has 36 heavy (non-hydrogen) atoms. The van der Waals surface area contributed by atoms with Crippen molar-refractivity contribution >= 4 is 22.6 Å². The van der Waals surface area contributed by atoms with Gasteiger partial charge in [0.1, 0.15) is 17.6 Å². The van der Waals surface area contributed by atoms with Crippen molar-refractivity contribution in [1.29, 1.82) is 5.26 Å². The molecular weight excluding hydrogens is 462 g/mol. The van der Waals surface area contributed by atoms with Gasteiger partial charge in [0.25, 0.3) is 5.91 Å². The number of benzene rings is 1. The van der Waals surface area contributed by atoms with E-state index in [1.165, 1.54) is 6.07 Å². The van der Waals surface area contributed by atoms with Gasteiger partial charge >= 0.3 is 0 Å². The van der Waals surface area contributed by atoms with Crippen LogP contribution in [0.25, 0.3) is 22.2 Å². The fraction of sp³-hybridized carbons (Fsp3) is 0.259. The highest BCUT2D eigenvalue weighted by molar-refractivity contribution is 5.96. The number of rotatable bonds is 5. The molecule has 1 aliphatic carbocycles. The standard InChI is InChI=1S/C27H24F2N6O/c1-15-9-19-20(14-32-25(19)21(28)10-15)24-16(13-30)11-22(29)26(35-24)33-17-5-4-6-18(12-17)34-27(36)23-7-2-3-8-31-23/h2-3,7-11,14,17-18,32H,4-6,12H2,1H3,(H,33,35)(H,34,36)/t17-,18+/m1/s1. The van der Waals surface area contributed by atoms with Crippen LogP contribution >= 0.6 is 0 Å². The molecular formula is C27H24F2N6O. The van der Waals surface area contributed by atoms with Crippen LogP contribution in [0.15, 0.2) is 48.8 Å². The van der Waals surface area contributed by atoms with Gasteiger partial charge in [-0.25, -0.2) is 13.8 Å². The van der Waals surface area contributed by atoms with E-state index in [-0.39, 0.29) is 35.1 Å². The van der Waals surface area contributed by atoms with Gasteiger partial charge in [0, 0.05) is 35.4 Å². The molecule has 5 rings (SSSR count). The van der Waals surface area contributed by atoms with Crippen LogP contribution in [0.3, 0.4) is 0 Å². The van der Waals surface area contributed by atoms with E-state index in [1.807, 2.05) is 6.07 Å². The zero-order chi connectivity index (χ0) is 25.2. The highest BCUT2D eigenvalue weighted by atomic mass is 19.1. The Labute approximate surface area is 206 Å². The molecule has 0 bridgehead atoms. The Hall–Kier alpha value is -4.32. The van der Waals surface area contributed by atoms with Crippen LogP contribution in [0, 0.1) is 29.9 Å². The number of pyridine rings is 2. The lowest BCUT2D eigenvalue weighted by atomic mass is 9.90. The summed E-state index contributed by atoms with van der Waals surface area (Å²) in [4.78, 5) is 24.0. The van der Waals surface area contributed by atoms with Crippen molar-refractivity contribution in [2.45, 2.75) is 44.7 Å². The number of nitrogens with zero attached hydrogens (tertiary/aromatic N) is 3. The summed E-state index contributed by atoms with van der Waals surface area (Å²) in [7, 11) is 0. The van der Waals surface area contributed by atoms with Gasteiger partial charge < -0.3 is 15.6 Å². The second-order valence-corrected chi connectivity index (χ2v) is 9.09. The Balaban J connectivity index is 1.39. The molecule has 2 atom stereocenters. The van der Waals surface area contributed by atoms with E-state index in [0.717, 1.165) is 30.9 Å². The molecule has 1 aliphatic rings. The first-order valence-corrected chi connectivity index (χ1v) is 11.8. The maximum atomic E-state index is 15.0. The fourth-order valence-corrected chi connectivity index (χ4v) is 4.80. The van der Waals surface area contributed by atoms with Gasteiger partial charge in [0.2, 0.25) is 0 Å². The number of nitriles is 1. The number of fused-ring (bicyclic) bond motifs is 1. The lowest BCUT2D eigenvalue weighted by Crippen LogP contribution is -2.42. The Morgan fingerprint density at radius 1 is 1.17 bits per heavy atom. The third kappa shape index (κ3) is 4.62. The minimum absolute atomic E-state index is 0.0215. The first-order chi connectivity index (χ1) is 17.4. The summed E-state index contributed by atoms with van der Waals surface area (Å²) in [6, 6.07) is 11.3. The van der Waals surface area contributed by atoms with Crippen molar-refractivity contribution in [2.75, 3.05) is 5.32 Å². The number of aryl methyl sites for hydroxylation is 1. The van der Waals surface area contributed by atoms with E-state index in [9.17, 15) is 18.8 Å². The van der Waals surface area contributed by atoms with E-state index >= 15 is 0 Å². The molecule has 1 fully saturated rings. The van der Waals surface area contributed by atoms with Gasteiger partial charge in [0.05, 0.1) is 16.8 Å². The van der Waals surface area contributed by atoms with E-state index < -0.39 is 11.6 Å². The Kier molecular flexibility index (Phi) is 6.34. The lowest BCUT2D eigenvalue weighted by molar-refractivity contribution is 0.0921. The van der Waals surface area contributed by atoms with Crippen molar-refractivity contribution in [2.24, 2.45) is 0 Å². The summed E-state index contributed by atoms with van der Waals surface area (Å²) in [6.07, 6.45) is 6.18. The Morgan fingerprint density at radius 3 is 2.78 bits per heavy atom. The van der Waals surface area contributed by atoms with E-state index in [4.69, 9.17) is 0 Å². The molecule has 0 saturated heterocycles. The number of aromatic amines is 1. The molecule has 0 aliphatic heterocycles. The molecule has 182 valence electrons. The molecule has 3 heterocycles. The number of hydrogen-bond acceptors (Lipinski definition) is 5. The molecule has 7 nitrogen and oxygen atoms in total. The predicted molar refractivity (Wildman–Crippen MR) is 132 cm³/mol. The number of carbonyl (C=O) groups excluding carboxylic acids is 1. The van der Waals surface area contributed by atoms with Crippen LogP contribution in [0.1, 0.15) is 47.3 Å². The van der Waals surface area contributed by atoms with Gasteiger partial charge in [-0.1, -0.05) is 6.07 Å². The number of hydrogen-bond donors (Lipinski definition) is 3. The summed E-state index contributed by atoms with van der Waals surface area (Å²) in [5, 5.41) is 16.4. The molecule has 0 spiro atoms. The SMILES string of the molecule is Cc1cc(F)c2[nH]cc(-c3nc(N[C@@H]4CCC[C@H](NC(=O)c5ccccn5)C4)c(F)cc3C#N)c2c1. The quantitative estimate of drug-likeness (QED) is 0.358. The van der Waals surface area contributed by atoms with Crippen LogP contribution in [-0.4, -0.2) is 32.9 Å². The van der Waals surface area contributed by atoms with Crippen molar-refractivity contribution in [3.8, 4) is 17.3 Å². The van der Waals surface area contributed by atoms with Gasteiger partial charge in [-0.15, -0.1) is 0 Å².